The summed E-state index contributed by atoms with van der Waals surface area (Å²) in [7, 11) is 0. The van der Waals surface area contributed by atoms with Gasteiger partial charge in [-0.15, -0.1) is 0 Å². The number of benzene rings is 2. The van der Waals surface area contributed by atoms with E-state index in [9.17, 15) is 19.2 Å². The van der Waals surface area contributed by atoms with E-state index in [1.165, 1.54) is 0 Å². The molecule has 0 saturated heterocycles. The zero-order chi connectivity index (χ0) is 19.9. The van der Waals surface area contributed by atoms with Crippen LogP contribution in [-0.2, 0) is 19.2 Å². The summed E-state index contributed by atoms with van der Waals surface area (Å²) in [6.07, 6.45) is -0.101. The summed E-state index contributed by atoms with van der Waals surface area (Å²) in [4.78, 5) is 48.8. The SMILES string of the molecule is O=C1CCC(=O)Nc2ccccc2NC(=O)CCC(=O)Nc2ccccc2N1. The summed E-state index contributed by atoms with van der Waals surface area (Å²) < 4.78 is 0. The standard InChI is InChI=1S/C20H20N4O4/c25-17-9-10-19(27)23-15-7-3-4-8-16(15)24-20(28)12-11-18(26)22-14-6-2-1-5-13(14)21-17/h1-8H,9-12H2,(H,21,25)(H,22,26)(H,23,27)(H,24,28). The Morgan fingerprint density at radius 3 is 0.857 bits per heavy atom. The van der Waals surface area contributed by atoms with Crippen molar-refractivity contribution >= 4 is 46.4 Å². The fraction of sp³-hybridized carbons (Fsp3) is 0.200. The molecule has 0 bridgehead atoms. The third kappa shape index (κ3) is 5.16. The van der Waals surface area contributed by atoms with Gasteiger partial charge in [0.05, 0.1) is 22.7 Å². The molecule has 0 aromatic heterocycles. The Morgan fingerprint density at radius 2 is 0.643 bits per heavy atom. The molecule has 0 fully saturated rings. The average molecular weight is 380 g/mol. The van der Waals surface area contributed by atoms with Crippen molar-refractivity contribution in [2.24, 2.45) is 0 Å². The van der Waals surface area contributed by atoms with Gasteiger partial charge in [0.15, 0.2) is 0 Å². The van der Waals surface area contributed by atoms with E-state index in [0.29, 0.717) is 22.7 Å². The monoisotopic (exact) mass is 380 g/mol. The fourth-order valence-corrected chi connectivity index (χ4v) is 2.71. The smallest absolute Gasteiger partial charge is 0.224 e. The molecule has 4 N–H and O–H groups in total. The lowest BCUT2D eigenvalue weighted by Crippen LogP contribution is -2.22. The van der Waals surface area contributed by atoms with Crippen molar-refractivity contribution < 1.29 is 19.2 Å². The van der Waals surface area contributed by atoms with Gasteiger partial charge in [0.1, 0.15) is 0 Å². The fourth-order valence-electron chi connectivity index (χ4n) is 2.71. The van der Waals surface area contributed by atoms with Crippen molar-refractivity contribution in [3.63, 3.8) is 0 Å². The van der Waals surface area contributed by atoms with Gasteiger partial charge in [-0.1, -0.05) is 24.3 Å². The maximum absolute atomic E-state index is 12.2. The Hall–Kier alpha value is -3.68. The minimum atomic E-state index is -0.342. The Kier molecular flexibility index (Phi) is 6.01. The van der Waals surface area contributed by atoms with Crippen molar-refractivity contribution in [1.82, 2.24) is 0 Å². The van der Waals surface area contributed by atoms with Gasteiger partial charge in [-0.05, 0) is 24.3 Å². The first-order chi connectivity index (χ1) is 13.5. The van der Waals surface area contributed by atoms with Crippen molar-refractivity contribution in [3.8, 4) is 0 Å². The molecule has 0 spiro atoms. The van der Waals surface area contributed by atoms with Gasteiger partial charge in [0.2, 0.25) is 23.6 Å². The molecular formula is C20H20N4O4. The van der Waals surface area contributed by atoms with E-state index in [1.54, 1.807) is 48.5 Å². The molecule has 144 valence electrons. The van der Waals surface area contributed by atoms with Crippen LogP contribution < -0.4 is 21.3 Å². The van der Waals surface area contributed by atoms with Gasteiger partial charge in [-0.25, -0.2) is 0 Å². The van der Waals surface area contributed by atoms with Gasteiger partial charge >= 0.3 is 0 Å². The maximum Gasteiger partial charge on any atom is 0.224 e. The lowest BCUT2D eigenvalue weighted by Gasteiger charge is -2.15. The normalized spacial score (nSPS) is 16.0. The molecule has 0 radical (unpaired) electrons. The van der Waals surface area contributed by atoms with Crippen LogP contribution in [0.25, 0.3) is 0 Å². The molecule has 8 heteroatoms. The van der Waals surface area contributed by atoms with Crippen LogP contribution in [0.15, 0.2) is 48.5 Å². The van der Waals surface area contributed by atoms with Crippen LogP contribution in [0.2, 0.25) is 0 Å². The number of hydrogen-bond donors (Lipinski definition) is 4. The molecule has 0 saturated carbocycles. The van der Waals surface area contributed by atoms with Gasteiger partial charge in [0, 0.05) is 25.7 Å². The second-order valence-corrected chi connectivity index (χ2v) is 6.28. The van der Waals surface area contributed by atoms with Gasteiger partial charge in [-0.2, -0.15) is 0 Å². The zero-order valence-corrected chi connectivity index (χ0v) is 15.1. The third-order valence-electron chi connectivity index (χ3n) is 4.11. The predicted molar refractivity (Wildman–Crippen MR) is 106 cm³/mol. The number of amides is 4. The number of hydrogen-bond acceptors (Lipinski definition) is 4. The molecule has 28 heavy (non-hydrogen) atoms. The van der Waals surface area contributed by atoms with E-state index in [0.717, 1.165) is 0 Å². The number of fused-ring (bicyclic) bond motifs is 2. The summed E-state index contributed by atoms with van der Waals surface area (Å²) in [5.41, 5.74) is 1.73. The molecule has 0 aliphatic carbocycles. The van der Waals surface area contributed by atoms with Gasteiger partial charge in [0.25, 0.3) is 0 Å². The van der Waals surface area contributed by atoms with Crippen LogP contribution >= 0.6 is 0 Å². The van der Waals surface area contributed by atoms with Crippen molar-refractivity contribution in [3.05, 3.63) is 48.5 Å². The Bertz CT molecular complexity index is 776. The highest BCUT2D eigenvalue weighted by Gasteiger charge is 2.15. The number of nitrogens with one attached hydrogen (secondary N) is 4. The molecule has 0 unspecified atom stereocenters. The van der Waals surface area contributed by atoms with E-state index < -0.39 is 0 Å². The molecule has 4 amide bonds. The zero-order valence-electron chi connectivity index (χ0n) is 15.1. The minimum Gasteiger partial charge on any atom is -0.324 e. The molecule has 1 aliphatic rings. The lowest BCUT2D eigenvalue weighted by molar-refractivity contribution is -0.121. The summed E-state index contributed by atoms with van der Waals surface area (Å²) in [6.45, 7) is 0. The van der Waals surface area contributed by atoms with Crippen LogP contribution in [0.3, 0.4) is 0 Å². The number of carbonyl (C=O) groups is 4. The molecular weight excluding hydrogens is 360 g/mol. The predicted octanol–water partition coefficient (Wildman–Crippen LogP) is 2.71. The Morgan fingerprint density at radius 1 is 0.429 bits per heavy atom. The quantitative estimate of drug-likeness (QED) is 0.562. The van der Waals surface area contributed by atoms with Crippen LogP contribution in [0.4, 0.5) is 22.7 Å². The van der Waals surface area contributed by atoms with Gasteiger partial charge < -0.3 is 21.3 Å². The number of anilines is 4. The Balaban J connectivity index is 1.82. The first-order valence-electron chi connectivity index (χ1n) is 8.89. The van der Waals surface area contributed by atoms with Crippen molar-refractivity contribution in [1.29, 1.82) is 0 Å². The molecule has 2 aromatic carbocycles. The first kappa shape index (κ1) is 19.1. The Labute approximate surface area is 161 Å². The topological polar surface area (TPSA) is 116 Å². The van der Waals surface area contributed by atoms with E-state index in [-0.39, 0.29) is 49.3 Å². The van der Waals surface area contributed by atoms with Crippen molar-refractivity contribution in [2.45, 2.75) is 25.7 Å². The number of carbonyl (C=O) groups excluding carboxylic acids is 4. The second kappa shape index (κ2) is 8.81. The third-order valence-corrected chi connectivity index (χ3v) is 4.11. The van der Waals surface area contributed by atoms with E-state index in [1.807, 2.05) is 0 Å². The van der Waals surface area contributed by atoms with E-state index in [4.69, 9.17) is 0 Å². The molecule has 3 rings (SSSR count). The largest absolute Gasteiger partial charge is 0.324 e. The summed E-state index contributed by atoms with van der Waals surface area (Å²) >= 11 is 0. The summed E-state index contributed by atoms with van der Waals surface area (Å²) in [5.74, 6) is -1.37. The number of rotatable bonds is 0. The molecule has 2 aromatic rings. The van der Waals surface area contributed by atoms with Crippen LogP contribution in [0, 0.1) is 0 Å². The minimum absolute atomic E-state index is 0.0252. The summed E-state index contributed by atoms with van der Waals surface area (Å²) in [5, 5.41) is 10.8. The second-order valence-electron chi connectivity index (χ2n) is 6.28. The highest BCUT2D eigenvalue weighted by atomic mass is 16.2. The highest BCUT2D eigenvalue weighted by molar-refractivity contribution is 6.04. The highest BCUT2D eigenvalue weighted by Crippen LogP contribution is 2.24. The number of para-hydroxylation sites is 4. The van der Waals surface area contributed by atoms with Crippen LogP contribution in [-0.4, -0.2) is 23.6 Å². The average Bonchev–Trinajstić information content (AvgIpc) is 2.67. The van der Waals surface area contributed by atoms with E-state index in [2.05, 4.69) is 21.3 Å². The van der Waals surface area contributed by atoms with Crippen LogP contribution in [0.5, 0.6) is 0 Å². The molecule has 0 atom stereocenters. The summed E-state index contributed by atoms with van der Waals surface area (Å²) in [6, 6.07) is 13.5. The molecule has 1 aliphatic heterocycles. The first-order valence-corrected chi connectivity index (χ1v) is 8.89. The molecule has 8 nitrogen and oxygen atoms in total. The van der Waals surface area contributed by atoms with E-state index >= 15 is 0 Å². The van der Waals surface area contributed by atoms with Crippen LogP contribution in [0.1, 0.15) is 25.7 Å². The maximum atomic E-state index is 12.2. The van der Waals surface area contributed by atoms with Gasteiger partial charge in [-0.3, -0.25) is 19.2 Å². The van der Waals surface area contributed by atoms with Crippen molar-refractivity contribution in [2.75, 3.05) is 21.3 Å². The molecule has 1 heterocycles. The lowest BCUT2D eigenvalue weighted by atomic mass is 10.2.